The zero-order valence-electron chi connectivity index (χ0n) is 18.3. The van der Waals surface area contributed by atoms with Gasteiger partial charge in [0, 0.05) is 18.1 Å². The monoisotopic (exact) mass is 458 g/mol. The molecule has 1 aromatic carbocycles. The minimum Gasteiger partial charge on any atom is -0.481 e. The number of carboxylic acids is 2. The molecule has 2 aromatic rings. The molecule has 0 radical (unpaired) electrons. The molecule has 0 bridgehead atoms. The second-order valence-corrected chi connectivity index (χ2v) is 7.49. The molecule has 1 heterocycles. The summed E-state index contributed by atoms with van der Waals surface area (Å²) in [6.45, 7) is 3.49. The van der Waals surface area contributed by atoms with Gasteiger partial charge in [-0.2, -0.15) is 0 Å². The van der Waals surface area contributed by atoms with Crippen molar-refractivity contribution in [1.29, 1.82) is 5.41 Å². The summed E-state index contributed by atoms with van der Waals surface area (Å²) in [7, 11) is 0. The summed E-state index contributed by atoms with van der Waals surface area (Å²) < 4.78 is 10.8. The van der Waals surface area contributed by atoms with Gasteiger partial charge in [0.1, 0.15) is 17.6 Å². The Kier molecular flexibility index (Phi) is 8.90. The largest absolute Gasteiger partial charge is 0.481 e. The van der Waals surface area contributed by atoms with E-state index in [2.05, 4.69) is 5.32 Å². The number of carbonyl (C=O) groups excluding carboxylic acids is 2. The first-order valence-electron chi connectivity index (χ1n) is 10.3. The van der Waals surface area contributed by atoms with Gasteiger partial charge in [0.05, 0.1) is 6.42 Å². The van der Waals surface area contributed by atoms with Gasteiger partial charge in [-0.05, 0) is 55.3 Å². The molecule has 1 amide bonds. The molecule has 0 fully saturated rings. The molecule has 10 nitrogen and oxygen atoms in total. The number of amides is 1. The highest BCUT2D eigenvalue weighted by atomic mass is 16.5. The van der Waals surface area contributed by atoms with Crippen LogP contribution in [0.2, 0.25) is 0 Å². The summed E-state index contributed by atoms with van der Waals surface area (Å²) >= 11 is 0. The van der Waals surface area contributed by atoms with Crippen LogP contribution in [0.25, 0.3) is 0 Å². The van der Waals surface area contributed by atoms with Crippen LogP contribution in [-0.2, 0) is 20.8 Å². The first-order valence-corrected chi connectivity index (χ1v) is 10.3. The first kappa shape index (κ1) is 25.3. The topological polar surface area (TPSA) is 167 Å². The van der Waals surface area contributed by atoms with Crippen molar-refractivity contribution in [2.75, 3.05) is 0 Å². The van der Waals surface area contributed by atoms with Crippen molar-refractivity contribution in [3.63, 3.8) is 0 Å². The smallest absolute Gasteiger partial charge is 0.379 e. The van der Waals surface area contributed by atoms with Crippen molar-refractivity contribution >= 4 is 29.5 Å². The summed E-state index contributed by atoms with van der Waals surface area (Å²) in [4.78, 5) is 47.0. The van der Waals surface area contributed by atoms with Crippen LogP contribution in [0, 0.1) is 11.3 Å². The fraction of sp³-hybridized carbons (Fsp3) is 0.348. The van der Waals surface area contributed by atoms with Gasteiger partial charge >= 0.3 is 17.9 Å². The third-order valence-corrected chi connectivity index (χ3v) is 4.81. The summed E-state index contributed by atoms with van der Waals surface area (Å²) in [6.07, 6.45) is 0.386. The molecular formula is C23H26N2O8. The number of rotatable bonds is 12. The van der Waals surface area contributed by atoms with Gasteiger partial charge in [-0.1, -0.05) is 13.3 Å². The number of hydrogen-bond donors (Lipinski definition) is 4. The molecule has 33 heavy (non-hydrogen) atoms. The molecule has 4 N–H and O–H groups in total. The maximum atomic E-state index is 12.6. The Labute approximate surface area is 190 Å². The quantitative estimate of drug-likeness (QED) is 0.214. The average Bonchev–Trinajstić information content (AvgIpc) is 3.21. The van der Waals surface area contributed by atoms with E-state index in [0.717, 1.165) is 0 Å². The Balaban J connectivity index is 2.04. The molecule has 0 aliphatic carbocycles. The zero-order valence-corrected chi connectivity index (χ0v) is 18.3. The molecule has 0 saturated carbocycles. The molecule has 1 unspecified atom stereocenters. The lowest BCUT2D eigenvalue weighted by Crippen LogP contribution is -2.45. The van der Waals surface area contributed by atoms with Gasteiger partial charge in [-0.3, -0.25) is 9.59 Å². The van der Waals surface area contributed by atoms with Crippen LogP contribution in [0.3, 0.4) is 0 Å². The fourth-order valence-corrected chi connectivity index (χ4v) is 3.11. The first-order chi connectivity index (χ1) is 15.6. The highest BCUT2D eigenvalue weighted by Crippen LogP contribution is 2.20. The Morgan fingerprint density at radius 3 is 2.30 bits per heavy atom. The third kappa shape index (κ3) is 7.60. The van der Waals surface area contributed by atoms with Gasteiger partial charge < -0.3 is 30.1 Å². The lowest BCUT2D eigenvalue weighted by molar-refractivity contribution is -0.147. The molecule has 2 atom stereocenters. The number of nitrogens with one attached hydrogen (secondary N) is 2. The van der Waals surface area contributed by atoms with E-state index in [4.69, 9.17) is 24.8 Å². The predicted octanol–water partition coefficient (Wildman–Crippen LogP) is 2.89. The van der Waals surface area contributed by atoms with E-state index in [0.29, 0.717) is 29.9 Å². The number of ether oxygens (including phenoxy) is 1. The van der Waals surface area contributed by atoms with Crippen molar-refractivity contribution in [1.82, 2.24) is 5.32 Å². The lowest BCUT2D eigenvalue weighted by Gasteiger charge is -2.18. The number of hydrogen-bond acceptors (Lipinski definition) is 7. The van der Waals surface area contributed by atoms with Crippen molar-refractivity contribution in [2.45, 2.75) is 45.6 Å². The highest BCUT2D eigenvalue weighted by Gasteiger charge is 2.28. The van der Waals surface area contributed by atoms with E-state index in [-0.39, 0.29) is 17.9 Å². The minimum absolute atomic E-state index is 0.0674. The standard InChI is InChI=1S/C23H26N2O8/c1-3-4-15(21(28)25-18(22(29)30)12-20(26)27)11-17-9-10-19(32-17)23(31)33-16-7-5-14(6-8-16)13(2)24/h5-10,15,18,24H,3-4,11-12H2,1-2H3,(H,25,28)(H,26,27)(H,29,30)/t15?,18-/m1/s1. The molecule has 2 rings (SSSR count). The van der Waals surface area contributed by atoms with Crippen LogP contribution in [0.5, 0.6) is 5.75 Å². The van der Waals surface area contributed by atoms with Crippen molar-refractivity contribution in [3.05, 3.63) is 53.5 Å². The van der Waals surface area contributed by atoms with Crippen molar-refractivity contribution in [2.24, 2.45) is 5.92 Å². The van der Waals surface area contributed by atoms with Gasteiger partial charge in [-0.15, -0.1) is 0 Å². The number of carboxylic acid groups (broad SMARTS) is 2. The Morgan fingerprint density at radius 1 is 1.09 bits per heavy atom. The predicted molar refractivity (Wildman–Crippen MR) is 117 cm³/mol. The number of esters is 1. The molecule has 0 saturated heterocycles. The molecule has 0 aliphatic rings. The summed E-state index contributed by atoms with van der Waals surface area (Å²) in [5.74, 6) is -4.24. The zero-order chi connectivity index (χ0) is 24.5. The number of carbonyl (C=O) groups is 4. The normalized spacial score (nSPS) is 12.4. The number of aliphatic carboxylic acids is 2. The van der Waals surface area contributed by atoms with Gasteiger partial charge in [0.15, 0.2) is 0 Å². The molecule has 0 aliphatic heterocycles. The van der Waals surface area contributed by atoms with E-state index in [1.807, 2.05) is 6.92 Å². The van der Waals surface area contributed by atoms with Crippen LogP contribution >= 0.6 is 0 Å². The van der Waals surface area contributed by atoms with Crippen molar-refractivity contribution < 1.29 is 38.5 Å². The van der Waals surface area contributed by atoms with Gasteiger partial charge in [0.25, 0.3) is 0 Å². The maximum absolute atomic E-state index is 12.6. The highest BCUT2D eigenvalue weighted by molar-refractivity contribution is 5.96. The van der Waals surface area contributed by atoms with Crippen LogP contribution < -0.4 is 10.1 Å². The second kappa shape index (κ2) is 11.6. The third-order valence-electron chi connectivity index (χ3n) is 4.81. The molecule has 10 heteroatoms. The van der Waals surface area contributed by atoms with Crippen LogP contribution in [-0.4, -0.2) is 45.8 Å². The Morgan fingerprint density at radius 2 is 1.76 bits per heavy atom. The Hall–Kier alpha value is -3.95. The maximum Gasteiger partial charge on any atom is 0.379 e. The van der Waals surface area contributed by atoms with Gasteiger partial charge in [-0.25, -0.2) is 9.59 Å². The molecule has 176 valence electrons. The second-order valence-electron chi connectivity index (χ2n) is 7.49. The molecular weight excluding hydrogens is 432 g/mol. The average molecular weight is 458 g/mol. The van der Waals surface area contributed by atoms with Crippen molar-refractivity contribution in [3.8, 4) is 5.75 Å². The minimum atomic E-state index is -1.54. The number of benzene rings is 1. The number of furan rings is 1. The van der Waals surface area contributed by atoms with E-state index in [1.54, 1.807) is 31.2 Å². The molecule has 0 spiro atoms. The van der Waals surface area contributed by atoms with E-state index >= 15 is 0 Å². The summed E-state index contributed by atoms with van der Waals surface area (Å²) in [5.41, 5.74) is 1.08. The Bertz CT molecular complexity index is 1030. The fourth-order valence-electron chi connectivity index (χ4n) is 3.11. The summed E-state index contributed by atoms with van der Waals surface area (Å²) in [6, 6.07) is 7.83. The van der Waals surface area contributed by atoms with Gasteiger partial charge in [0.2, 0.25) is 11.7 Å². The summed E-state index contributed by atoms with van der Waals surface area (Å²) in [5, 5.41) is 27.8. The van der Waals surface area contributed by atoms with E-state index < -0.39 is 42.2 Å². The SMILES string of the molecule is CCCC(Cc1ccc(C(=O)Oc2ccc(C(C)=N)cc2)o1)C(=O)N[C@H](CC(=O)O)C(=O)O. The lowest BCUT2D eigenvalue weighted by atomic mass is 9.97. The molecule has 1 aromatic heterocycles. The van der Waals surface area contributed by atoms with Crippen LogP contribution in [0.15, 0.2) is 40.8 Å². The van der Waals surface area contributed by atoms with Crippen LogP contribution in [0.1, 0.15) is 55.0 Å². The van der Waals surface area contributed by atoms with E-state index in [9.17, 15) is 19.2 Å². The van der Waals surface area contributed by atoms with Crippen LogP contribution in [0.4, 0.5) is 0 Å². The van der Waals surface area contributed by atoms with E-state index in [1.165, 1.54) is 12.1 Å².